The molecule has 3 nitrogen and oxygen atoms in total. The third kappa shape index (κ3) is 3.87. The van der Waals surface area contributed by atoms with Crippen LogP contribution in [0.3, 0.4) is 0 Å². The van der Waals surface area contributed by atoms with E-state index in [9.17, 15) is 4.79 Å². The monoisotopic (exact) mass is 347 g/mol. The minimum absolute atomic E-state index is 0.00385. The molecule has 0 bridgehead atoms. The van der Waals surface area contributed by atoms with Crippen LogP contribution in [-0.4, -0.2) is 27.2 Å². The van der Waals surface area contributed by atoms with E-state index in [0.29, 0.717) is 15.0 Å². The fraction of sp³-hybridized carbons (Fsp3) is 0.235. The second kappa shape index (κ2) is 6.79. The molecule has 0 radical (unpaired) electrons. The molecule has 0 aromatic heterocycles. The molecule has 1 saturated heterocycles. The Balaban J connectivity index is 1.62. The van der Waals surface area contributed by atoms with Gasteiger partial charge < -0.3 is 0 Å². The molecule has 4 heteroatoms. The van der Waals surface area contributed by atoms with Crippen LogP contribution in [-0.2, 0) is 4.74 Å². The van der Waals surface area contributed by atoms with Gasteiger partial charge in [-0.1, -0.05) is 0 Å². The van der Waals surface area contributed by atoms with E-state index < -0.39 is 0 Å². The fourth-order valence-electron chi connectivity index (χ4n) is 2.41. The number of hydrogen-bond donors (Lipinski definition) is 1. The third-order valence-electron chi connectivity index (χ3n) is 3.45. The quantitative estimate of drug-likeness (QED) is 0.865. The summed E-state index contributed by atoms with van der Waals surface area (Å²) in [7, 11) is 0. The van der Waals surface area contributed by atoms with E-state index in [-0.39, 0.29) is 18.2 Å². The molecule has 2 aromatic rings. The number of nitrogens with one attached hydrogen (secondary N) is 1. The van der Waals surface area contributed by atoms with Crippen LogP contribution in [0.5, 0.6) is 0 Å². The van der Waals surface area contributed by atoms with Gasteiger partial charge >= 0.3 is 130 Å². The first-order valence-electron chi connectivity index (χ1n) is 7.01. The maximum atomic E-state index is 11.7. The van der Waals surface area contributed by atoms with Crippen molar-refractivity contribution in [3.05, 3.63) is 66.2 Å². The third-order valence-corrected chi connectivity index (χ3v) is 5.85. The maximum absolute atomic E-state index is 11.7. The minimum atomic E-state index is -0.302. The summed E-state index contributed by atoms with van der Waals surface area (Å²) >= 11 is 0.338. The van der Waals surface area contributed by atoms with Gasteiger partial charge in [-0.3, -0.25) is 0 Å². The van der Waals surface area contributed by atoms with Crippen LogP contribution in [0.15, 0.2) is 60.7 Å². The number of ether oxygens (including phenoxy) is 1. The summed E-state index contributed by atoms with van der Waals surface area (Å²) in [6.45, 7) is 0. The molecule has 3 rings (SSSR count). The van der Waals surface area contributed by atoms with Gasteiger partial charge in [-0.15, -0.1) is 0 Å². The Morgan fingerprint density at radius 1 is 1.05 bits per heavy atom. The van der Waals surface area contributed by atoms with Crippen LogP contribution in [0.25, 0.3) is 0 Å². The second-order valence-electron chi connectivity index (χ2n) is 4.99. The van der Waals surface area contributed by atoms with Crippen molar-refractivity contribution in [3.63, 3.8) is 0 Å². The van der Waals surface area contributed by atoms with E-state index in [1.807, 2.05) is 24.3 Å². The van der Waals surface area contributed by atoms with Gasteiger partial charge in [0, 0.05) is 0 Å². The van der Waals surface area contributed by atoms with Crippen molar-refractivity contribution in [2.75, 3.05) is 0 Å². The van der Waals surface area contributed by atoms with Crippen LogP contribution in [0.1, 0.15) is 18.0 Å². The zero-order chi connectivity index (χ0) is 14.5. The molecule has 1 aliphatic rings. The summed E-state index contributed by atoms with van der Waals surface area (Å²) < 4.78 is 6.77. The predicted octanol–water partition coefficient (Wildman–Crippen LogP) is 2.67. The average molecular weight is 346 g/mol. The molecule has 0 aliphatic carbocycles. The fourth-order valence-corrected chi connectivity index (χ4v) is 4.37. The molecule has 0 unspecified atom stereocenters. The summed E-state index contributed by atoms with van der Waals surface area (Å²) in [4.78, 5) is 11.7. The van der Waals surface area contributed by atoms with Crippen molar-refractivity contribution >= 4 is 25.5 Å². The molecule has 0 spiro atoms. The molecule has 2 atom stereocenters. The molecule has 1 N–H and O–H groups in total. The van der Waals surface area contributed by atoms with Gasteiger partial charge in [-0.05, 0) is 0 Å². The molecule has 2 aromatic carbocycles. The SMILES string of the molecule is O=C1N[C@@H](c2ccccc2)C[C@H](C[Se]c2ccccc2)O1. The van der Waals surface area contributed by atoms with E-state index >= 15 is 0 Å². The topological polar surface area (TPSA) is 38.3 Å². The van der Waals surface area contributed by atoms with Crippen molar-refractivity contribution < 1.29 is 9.53 Å². The number of benzene rings is 2. The van der Waals surface area contributed by atoms with Crippen LogP contribution in [0.4, 0.5) is 4.79 Å². The van der Waals surface area contributed by atoms with Crippen molar-refractivity contribution in [1.29, 1.82) is 0 Å². The van der Waals surface area contributed by atoms with Crippen molar-refractivity contribution in [2.45, 2.75) is 23.9 Å². The van der Waals surface area contributed by atoms with Gasteiger partial charge in [0.1, 0.15) is 0 Å². The van der Waals surface area contributed by atoms with Gasteiger partial charge in [-0.2, -0.15) is 0 Å². The van der Waals surface area contributed by atoms with Crippen molar-refractivity contribution in [1.82, 2.24) is 5.32 Å². The molecule has 108 valence electrons. The first-order chi connectivity index (χ1) is 10.3. The zero-order valence-corrected chi connectivity index (χ0v) is 13.3. The number of carbonyl (C=O) groups is 1. The summed E-state index contributed by atoms with van der Waals surface area (Å²) in [5.74, 6) is 0. The number of carbonyl (C=O) groups excluding carboxylic acids is 1. The van der Waals surface area contributed by atoms with Gasteiger partial charge in [0.05, 0.1) is 0 Å². The van der Waals surface area contributed by atoms with E-state index in [1.54, 1.807) is 0 Å². The Morgan fingerprint density at radius 2 is 1.71 bits per heavy atom. The molecule has 1 fully saturated rings. The first-order valence-corrected chi connectivity index (χ1v) is 9.08. The van der Waals surface area contributed by atoms with Crippen LogP contribution in [0.2, 0.25) is 5.32 Å². The van der Waals surface area contributed by atoms with Gasteiger partial charge in [0.2, 0.25) is 0 Å². The molecule has 21 heavy (non-hydrogen) atoms. The predicted molar refractivity (Wildman–Crippen MR) is 83.8 cm³/mol. The average Bonchev–Trinajstić information content (AvgIpc) is 2.54. The molecular weight excluding hydrogens is 329 g/mol. The Labute approximate surface area is 130 Å². The van der Waals surface area contributed by atoms with Crippen LogP contribution in [0, 0.1) is 0 Å². The van der Waals surface area contributed by atoms with Crippen molar-refractivity contribution in [2.24, 2.45) is 0 Å². The zero-order valence-electron chi connectivity index (χ0n) is 11.6. The summed E-state index contributed by atoms with van der Waals surface area (Å²) in [5.41, 5.74) is 1.14. The summed E-state index contributed by atoms with van der Waals surface area (Å²) in [6, 6.07) is 20.6. The van der Waals surface area contributed by atoms with E-state index in [1.165, 1.54) is 4.46 Å². The number of alkyl carbamates (subject to hydrolysis) is 1. The number of rotatable bonds is 4. The number of amides is 1. The standard InChI is InChI=1S/C17H17NO2Se/c19-17-18-16(13-7-3-1-4-8-13)11-14(20-17)12-21-15-9-5-2-6-10-15/h1-10,14,16H,11-12H2,(H,18,19)/t14-,16-/m1/s1. The van der Waals surface area contributed by atoms with Crippen LogP contribution < -0.4 is 9.78 Å². The molecular formula is C17H17NO2Se. The van der Waals surface area contributed by atoms with Gasteiger partial charge in [0.25, 0.3) is 0 Å². The number of cyclic esters (lactones) is 1. The normalized spacial score (nSPS) is 21.4. The number of hydrogen-bond acceptors (Lipinski definition) is 2. The second-order valence-corrected chi connectivity index (χ2v) is 7.29. The Bertz CT molecular complexity index is 588. The Morgan fingerprint density at radius 3 is 2.43 bits per heavy atom. The first kappa shape index (κ1) is 14.2. The Kier molecular flexibility index (Phi) is 4.58. The Hall–Kier alpha value is -1.77. The molecule has 1 aliphatic heterocycles. The molecule has 1 heterocycles. The molecule has 1 amide bonds. The van der Waals surface area contributed by atoms with E-state index in [4.69, 9.17) is 4.74 Å². The summed E-state index contributed by atoms with van der Waals surface area (Å²) in [5, 5.41) is 3.83. The summed E-state index contributed by atoms with van der Waals surface area (Å²) in [6.07, 6.45) is 0.540. The van der Waals surface area contributed by atoms with Crippen molar-refractivity contribution in [3.8, 4) is 0 Å². The van der Waals surface area contributed by atoms with E-state index in [2.05, 4.69) is 41.7 Å². The molecule has 0 saturated carbocycles. The van der Waals surface area contributed by atoms with Gasteiger partial charge in [-0.25, -0.2) is 0 Å². The van der Waals surface area contributed by atoms with Gasteiger partial charge in [0.15, 0.2) is 0 Å². The van der Waals surface area contributed by atoms with Crippen LogP contribution >= 0.6 is 0 Å². The van der Waals surface area contributed by atoms with E-state index in [0.717, 1.165) is 17.3 Å².